The number of imidazole rings is 1. The quantitative estimate of drug-likeness (QED) is 0.910. The van der Waals surface area contributed by atoms with Crippen molar-refractivity contribution < 1.29 is 0 Å². The zero-order chi connectivity index (χ0) is 13.9. The molecular formula is C15H18N4. The Kier molecular flexibility index (Phi) is 3.68. The lowest BCUT2D eigenvalue weighted by molar-refractivity contribution is 0.455. The van der Waals surface area contributed by atoms with E-state index in [1.165, 1.54) is 0 Å². The fourth-order valence-electron chi connectivity index (χ4n) is 2.15. The average molecular weight is 254 g/mol. The summed E-state index contributed by atoms with van der Waals surface area (Å²) >= 11 is 0. The highest BCUT2D eigenvalue weighted by atomic mass is 15.1. The maximum Gasteiger partial charge on any atom is 0.147 e. The third kappa shape index (κ3) is 2.67. The predicted molar refractivity (Wildman–Crippen MR) is 74.2 cm³/mol. The van der Waals surface area contributed by atoms with Gasteiger partial charge in [-0.25, -0.2) is 4.98 Å². The minimum absolute atomic E-state index is 0.300. The van der Waals surface area contributed by atoms with Crippen molar-refractivity contribution in [1.29, 1.82) is 5.26 Å². The molecule has 98 valence electrons. The van der Waals surface area contributed by atoms with E-state index in [9.17, 15) is 5.26 Å². The van der Waals surface area contributed by atoms with Crippen molar-refractivity contribution in [3.8, 4) is 6.07 Å². The molecule has 0 aliphatic carbocycles. The summed E-state index contributed by atoms with van der Waals surface area (Å²) in [5, 5.41) is 9.46. The first-order chi connectivity index (χ1) is 9.07. The highest BCUT2D eigenvalue weighted by molar-refractivity contribution is 5.30. The number of hydrogen-bond acceptors (Lipinski definition) is 3. The van der Waals surface area contributed by atoms with E-state index in [0.717, 1.165) is 11.4 Å². The van der Waals surface area contributed by atoms with Gasteiger partial charge < -0.3 is 10.3 Å². The molecule has 1 heterocycles. The third-order valence-corrected chi connectivity index (χ3v) is 3.17. The monoisotopic (exact) mass is 254 g/mol. The van der Waals surface area contributed by atoms with Crippen LogP contribution in [-0.4, -0.2) is 9.55 Å². The first kappa shape index (κ1) is 13.3. The lowest BCUT2D eigenvalue weighted by Gasteiger charge is -2.24. The number of aromatic nitrogens is 2. The van der Waals surface area contributed by atoms with Crippen LogP contribution in [0, 0.1) is 11.3 Å². The van der Waals surface area contributed by atoms with Gasteiger partial charge in [0.15, 0.2) is 0 Å². The molecule has 2 rings (SSSR count). The molecule has 0 spiro atoms. The molecule has 0 fully saturated rings. The summed E-state index contributed by atoms with van der Waals surface area (Å²) in [4.78, 5) is 4.33. The van der Waals surface area contributed by atoms with E-state index in [4.69, 9.17) is 5.73 Å². The second-order valence-corrected chi connectivity index (χ2v) is 5.02. The molecule has 0 bridgehead atoms. The van der Waals surface area contributed by atoms with E-state index in [0.29, 0.717) is 12.5 Å². The molecule has 0 amide bonds. The van der Waals surface area contributed by atoms with Gasteiger partial charge >= 0.3 is 0 Å². The second-order valence-electron chi connectivity index (χ2n) is 5.02. The van der Waals surface area contributed by atoms with E-state index in [-0.39, 0.29) is 0 Å². The van der Waals surface area contributed by atoms with E-state index in [1.54, 1.807) is 6.20 Å². The van der Waals surface area contributed by atoms with Crippen LogP contribution in [0.2, 0.25) is 0 Å². The summed E-state index contributed by atoms with van der Waals surface area (Å²) < 4.78 is 1.96. The van der Waals surface area contributed by atoms with Crippen LogP contribution in [0.3, 0.4) is 0 Å². The van der Waals surface area contributed by atoms with Gasteiger partial charge in [0.2, 0.25) is 0 Å². The Balaban J connectivity index is 2.34. The molecular weight excluding hydrogens is 236 g/mol. The zero-order valence-electron chi connectivity index (χ0n) is 11.2. The summed E-state index contributed by atoms with van der Waals surface area (Å²) in [5.74, 6) is 1.25. The van der Waals surface area contributed by atoms with Gasteiger partial charge in [-0.1, -0.05) is 44.2 Å². The highest BCUT2D eigenvalue weighted by Gasteiger charge is 2.28. The lowest BCUT2D eigenvalue weighted by atomic mass is 9.92. The molecule has 4 heteroatoms. The van der Waals surface area contributed by atoms with Crippen molar-refractivity contribution in [1.82, 2.24) is 9.55 Å². The maximum atomic E-state index is 9.46. The summed E-state index contributed by atoms with van der Waals surface area (Å²) in [5.41, 5.74) is 6.05. The first-order valence-electron chi connectivity index (χ1n) is 6.33. The molecule has 0 aliphatic heterocycles. The Morgan fingerprint density at radius 2 is 2.05 bits per heavy atom. The van der Waals surface area contributed by atoms with Crippen molar-refractivity contribution in [2.45, 2.75) is 31.8 Å². The number of nitrogens with two attached hydrogens (primary N) is 1. The lowest BCUT2D eigenvalue weighted by Crippen LogP contribution is -2.39. The number of hydrogen-bond donors (Lipinski definition) is 1. The minimum atomic E-state index is -1.04. The molecule has 2 aromatic rings. The normalized spacial score (nSPS) is 14.1. The largest absolute Gasteiger partial charge is 0.331 e. The summed E-state index contributed by atoms with van der Waals surface area (Å²) in [6.45, 7) is 4.55. The topological polar surface area (TPSA) is 67.6 Å². The van der Waals surface area contributed by atoms with Gasteiger partial charge in [-0.15, -0.1) is 0 Å². The van der Waals surface area contributed by atoms with Crippen molar-refractivity contribution >= 4 is 0 Å². The van der Waals surface area contributed by atoms with Crippen LogP contribution >= 0.6 is 0 Å². The number of rotatable bonds is 4. The van der Waals surface area contributed by atoms with Gasteiger partial charge in [-0.2, -0.15) is 5.26 Å². The van der Waals surface area contributed by atoms with Crippen molar-refractivity contribution in [3.63, 3.8) is 0 Å². The van der Waals surface area contributed by atoms with Gasteiger partial charge in [0.05, 0.1) is 12.6 Å². The molecule has 1 atom stereocenters. The Morgan fingerprint density at radius 1 is 1.37 bits per heavy atom. The molecule has 0 aliphatic rings. The molecule has 1 aromatic heterocycles. The number of nitriles is 1. The Morgan fingerprint density at radius 3 is 2.63 bits per heavy atom. The predicted octanol–water partition coefficient (Wildman–Crippen LogP) is 2.38. The molecule has 2 N–H and O–H groups in total. The Hall–Kier alpha value is -2.12. The zero-order valence-corrected chi connectivity index (χ0v) is 11.2. The van der Waals surface area contributed by atoms with E-state index in [1.807, 2.05) is 41.1 Å². The standard InChI is InChI=1S/C15H18N4/c1-12(2)14-18-8-9-19(14)11-15(17,10-16)13-6-4-3-5-7-13/h3-9,12H,11,17H2,1-2H3. The molecule has 1 aromatic carbocycles. The molecule has 19 heavy (non-hydrogen) atoms. The fraction of sp³-hybridized carbons (Fsp3) is 0.333. The van der Waals surface area contributed by atoms with Gasteiger partial charge in [-0.3, -0.25) is 0 Å². The summed E-state index contributed by atoms with van der Waals surface area (Å²) in [7, 11) is 0. The van der Waals surface area contributed by atoms with Crippen LogP contribution in [0.1, 0.15) is 31.2 Å². The highest BCUT2D eigenvalue weighted by Crippen LogP contribution is 2.22. The van der Waals surface area contributed by atoms with E-state index < -0.39 is 5.54 Å². The van der Waals surface area contributed by atoms with Crippen LogP contribution in [0.15, 0.2) is 42.7 Å². The van der Waals surface area contributed by atoms with Crippen molar-refractivity contribution in [2.75, 3.05) is 0 Å². The van der Waals surface area contributed by atoms with Crippen LogP contribution in [0.5, 0.6) is 0 Å². The van der Waals surface area contributed by atoms with Gasteiger partial charge in [0.25, 0.3) is 0 Å². The van der Waals surface area contributed by atoms with Crippen LogP contribution in [-0.2, 0) is 12.1 Å². The SMILES string of the molecule is CC(C)c1nccn1CC(N)(C#N)c1ccccc1. The number of benzene rings is 1. The smallest absolute Gasteiger partial charge is 0.147 e. The summed E-state index contributed by atoms with van der Waals surface area (Å²) in [6.07, 6.45) is 3.62. The molecule has 0 radical (unpaired) electrons. The van der Waals surface area contributed by atoms with Crippen LogP contribution in [0.4, 0.5) is 0 Å². The third-order valence-electron chi connectivity index (χ3n) is 3.17. The minimum Gasteiger partial charge on any atom is -0.331 e. The second kappa shape index (κ2) is 5.25. The van der Waals surface area contributed by atoms with Crippen molar-refractivity contribution in [2.24, 2.45) is 5.73 Å². The molecule has 1 unspecified atom stereocenters. The fourth-order valence-corrected chi connectivity index (χ4v) is 2.15. The van der Waals surface area contributed by atoms with Crippen LogP contribution < -0.4 is 5.73 Å². The van der Waals surface area contributed by atoms with Gasteiger partial charge in [0.1, 0.15) is 11.4 Å². The van der Waals surface area contributed by atoms with E-state index in [2.05, 4.69) is 24.9 Å². The molecule has 0 saturated carbocycles. The summed E-state index contributed by atoms with van der Waals surface area (Å²) in [6, 6.07) is 11.7. The first-order valence-corrected chi connectivity index (χ1v) is 6.33. The number of nitrogens with zero attached hydrogens (tertiary/aromatic N) is 3. The Labute approximate surface area is 113 Å². The Bertz CT molecular complexity index is 580. The van der Waals surface area contributed by atoms with Gasteiger partial charge in [0, 0.05) is 18.3 Å². The van der Waals surface area contributed by atoms with Gasteiger partial charge in [-0.05, 0) is 5.56 Å². The maximum absolute atomic E-state index is 9.46. The van der Waals surface area contributed by atoms with Crippen LogP contribution in [0.25, 0.3) is 0 Å². The van der Waals surface area contributed by atoms with Crippen molar-refractivity contribution in [3.05, 3.63) is 54.1 Å². The van der Waals surface area contributed by atoms with E-state index >= 15 is 0 Å². The average Bonchev–Trinajstić information content (AvgIpc) is 2.87. The molecule has 4 nitrogen and oxygen atoms in total. The molecule has 0 saturated heterocycles.